The molecule has 0 aliphatic carbocycles. The summed E-state index contributed by atoms with van der Waals surface area (Å²) in [4.78, 5) is 15.2. The molecule has 2 atom stereocenters. The number of likely N-dealkylation sites (tertiary alicyclic amines) is 2. The van der Waals surface area contributed by atoms with E-state index in [0.29, 0.717) is 13.0 Å². The van der Waals surface area contributed by atoms with Crippen LogP contribution in [0.3, 0.4) is 0 Å². The smallest absolute Gasteiger partial charge is 0.332 e. The van der Waals surface area contributed by atoms with Crippen LogP contribution in [-0.2, 0) is 4.79 Å². The van der Waals surface area contributed by atoms with E-state index < -0.39 is 18.8 Å². The number of carbonyl (C=O) groups is 1. The van der Waals surface area contributed by atoms with Crippen molar-refractivity contribution in [2.75, 3.05) is 26.2 Å². The largest absolute Gasteiger partial charge is 0.406 e. The first-order valence-electron chi connectivity index (χ1n) is 7.53. The first-order valence-corrected chi connectivity index (χ1v) is 7.53. The zero-order chi connectivity index (χ0) is 15.7. The Labute approximate surface area is 126 Å². The summed E-state index contributed by atoms with van der Waals surface area (Å²) in [6.45, 7) is 0.508. The molecule has 0 bridgehead atoms. The van der Waals surface area contributed by atoms with Crippen molar-refractivity contribution >= 4 is 5.91 Å². The molecule has 0 spiro atoms. The highest BCUT2D eigenvalue weighted by Gasteiger charge is 2.42. The molecule has 3 rings (SSSR count). The Morgan fingerprint density at radius 2 is 2.14 bits per heavy atom. The molecule has 2 fully saturated rings. The Bertz CT molecular complexity index is 517. The summed E-state index contributed by atoms with van der Waals surface area (Å²) in [6.07, 6.45) is -0.214. The van der Waals surface area contributed by atoms with Gasteiger partial charge in [0.2, 0.25) is 5.91 Å². The van der Waals surface area contributed by atoms with Gasteiger partial charge in [-0.2, -0.15) is 18.3 Å². The average molecular weight is 316 g/mol. The van der Waals surface area contributed by atoms with Crippen LogP contribution in [0.4, 0.5) is 13.2 Å². The average Bonchev–Trinajstić information content (AvgIpc) is 3.09. The number of alkyl halides is 3. The van der Waals surface area contributed by atoms with Gasteiger partial charge in [-0.15, -0.1) is 0 Å². The number of piperidine rings is 1. The molecule has 5 nitrogen and oxygen atoms in total. The molecule has 2 unspecified atom stereocenters. The maximum absolute atomic E-state index is 12.5. The number of rotatable bonds is 3. The van der Waals surface area contributed by atoms with E-state index in [9.17, 15) is 18.0 Å². The molecule has 0 aromatic carbocycles. The summed E-state index contributed by atoms with van der Waals surface area (Å²) in [5, 5.41) is 6.89. The molecule has 122 valence electrons. The van der Waals surface area contributed by atoms with E-state index in [-0.39, 0.29) is 18.4 Å². The van der Waals surface area contributed by atoms with Gasteiger partial charge in [-0.1, -0.05) is 0 Å². The third-order valence-electron chi connectivity index (χ3n) is 4.50. The number of aromatic amines is 1. The zero-order valence-electron chi connectivity index (χ0n) is 12.1. The number of amides is 1. The highest BCUT2D eigenvalue weighted by molar-refractivity contribution is 5.84. The van der Waals surface area contributed by atoms with Gasteiger partial charge in [0.05, 0.1) is 6.04 Å². The van der Waals surface area contributed by atoms with E-state index in [1.807, 2.05) is 11.0 Å². The van der Waals surface area contributed by atoms with E-state index in [4.69, 9.17) is 0 Å². The van der Waals surface area contributed by atoms with Gasteiger partial charge in [0.1, 0.15) is 6.54 Å². The Morgan fingerprint density at radius 1 is 1.32 bits per heavy atom. The van der Waals surface area contributed by atoms with Crippen LogP contribution in [0.2, 0.25) is 0 Å². The summed E-state index contributed by atoms with van der Waals surface area (Å²) in [5.74, 6) is -0.122. The molecule has 2 aliphatic rings. The summed E-state index contributed by atoms with van der Waals surface area (Å²) < 4.78 is 37.4. The number of hydrogen-bond acceptors (Lipinski definition) is 3. The second-order valence-corrected chi connectivity index (χ2v) is 6.03. The number of nitrogens with zero attached hydrogens (tertiary/aromatic N) is 3. The summed E-state index contributed by atoms with van der Waals surface area (Å²) in [5.41, 5.74) is 1.03. The molecule has 8 heteroatoms. The lowest BCUT2D eigenvalue weighted by molar-refractivity contribution is -0.159. The van der Waals surface area contributed by atoms with Gasteiger partial charge in [0.25, 0.3) is 0 Å². The summed E-state index contributed by atoms with van der Waals surface area (Å²) in [7, 11) is 0. The minimum Gasteiger partial charge on any atom is -0.332 e. The predicted octanol–water partition coefficient (Wildman–Crippen LogP) is 1.75. The van der Waals surface area contributed by atoms with E-state index in [0.717, 1.165) is 30.0 Å². The Hall–Kier alpha value is -1.57. The monoisotopic (exact) mass is 316 g/mol. The van der Waals surface area contributed by atoms with Crippen LogP contribution in [0.25, 0.3) is 0 Å². The molecule has 3 heterocycles. The molecule has 2 saturated heterocycles. The van der Waals surface area contributed by atoms with Gasteiger partial charge in [-0.25, -0.2) is 0 Å². The van der Waals surface area contributed by atoms with Crippen molar-refractivity contribution in [2.45, 2.75) is 37.4 Å². The van der Waals surface area contributed by atoms with Crippen molar-refractivity contribution in [3.63, 3.8) is 0 Å². The van der Waals surface area contributed by atoms with Crippen molar-refractivity contribution in [1.29, 1.82) is 0 Å². The van der Waals surface area contributed by atoms with E-state index >= 15 is 0 Å². The van der Waals surface area contributed by atoms with Gasteiger partial charge in [-0.05, 0) is 31.9 Å². The second-order valence-electron chi connectivity index (χ2n) is 6.03. The van der Waals surface area contributed by atoms with Gasteiger partial charge >= 0.3 is 6.18 Å². The first-order chi connectivity index (χ1) is 10.4. The van der Waals surface area contributed by atoms with Crippen LogP contribution >= 0.6 is 0 Å². The minimum absolute atomic E-state index is 0.189. The standard InChI is InChI=1S/C14H19F3N4O/c15-14(16,17)9-21-7-4-12(13(21)22)20-6-1-2-10(8-20)11-3-5-18-19-11/h3,5,10,12H,1-2,4,6-9H2,(H,18,19). The Balaban J connectivity index is 1.63. The van der Waals surface area contributed by atoms with Crippen LogP contribution in [-0.4, -0.2) is 64.3 Å². The van der Waals surface area contributed by atoms with Crippen molar-refractivity contribution in [3.05, 3.63) is 18.0 Å². The lowest BCUT2D eigenvalue weighted by Crippen LogP contribution is -2.47. The van der Waals surface area contributed by atoms with Gasteiger partial charge < -0.3 is 4.90 Å². The van der Waals surface area contributed by atoms with Crippen molar-refractivity contribution in [1.82, 2.24) is 20.0 Å². The van der Waals surface area contributed by atoms with Crippen molar-refractivity contribution < 1.29 is 18.0 Å². The number of carbonyl (C=O) groups excluding carboxylic acids is 1. The molecular formula is C14H19F3N4O. The predicted molar refractivity (Wildman–Crippen MR) is 73.2 cm³/mol. The van der Waals surface area contributed by atoms with E-state index in [2.05, 4.69) is 10.2 Å². The normalized spacial score (nSPS) is 27.6. The highest BCUT2D eigenvalue weighted by atomic mass is 19.4. The van der Waals surface area contributed by atoms with E-state index in [1.54, 1.807) is 6.20 Å². The fraction of sp³-hybridized carbons (Fsp3) is 0.714. The maximum Gasteiger partial charge on any atom is 0.406 e. The summed E-state index contributed by atoms with van der Waals surface area (Å²) >= 11 is 0. The minimum atomic E-state index is -4.33. The Kier molecular flexibility index (Phi) is 4.12. The van der Waals surface area contributed by atoms with Gasteiger partial charge in [-0.3, -0.25) is 14.8 Å². The van der Waals surface area contributed by atoms with Crippen LogP contribution in [0.1, 0.15) is 30.9 Å². The molecule has 1 aromatic heterocycles. The maximum atomic E-state index is 12.5. The number of H-pyrrole nitrogens is 1. The SMILES string of the molecule is O=C1C(N2CCCC(c3ccn[nH]3)C2)CCN1CC(F)(F)F. The summed E-state index contributed by atoms with van der Waals surface area (Å²) in [6, 6.07) is 1.51. The molecule has 1 amide bonds. The number of halogens is 3. The van der Waals surface area contributed by atoms with Gasteiger partial charge in [0.15, 0.2) is 0 Å². The lowest BCUT2D eigenvalue weighted by Gasteiger charge is -2.35. The van der Waals surface area contributed by atoms with Crippen LogP contribution in [0, 0.1) is 0 Å². The third kappa shape index (κ3) is 3.26. The highest BCUT2D eigenvalue weighted by Crippen LogP contribution is 2.30. The van der Waals surface area contributed by atoms with E-state index in [1.165, 1.54) is 0 Å². The molecular weight excluding hydrogens is 297 g/mol. The molecule has 2 aliphatic heterocycles. The van der Waals surface area contributed by atoms with Crippen LogP contribution in [0.15, 0.2) is 12.3 Å². The van der Waals surface area contributed by atoms with Crippen molar-refractivity contribution in [3.8, 4) is 0 Å². The Morgan fingerprint density at radius 3 is 2.82 bits per heavy atom. The molecule has 1 N–H and O–H groups in total. The van der Waals surface area contributed by atoms with Crippen molar-refractivity contribution in [2.24, 2.45) is 0 Å². The number of nitrogens with one attached hydrogen (secondary N) is 1. The zero-order valence-corrected chi connectivity index (χ0v) is 12.1. The lowest BCUT2D eigenvalue weighted by atomic mass is 9.93. The first kappa shape index (κ1) is 15.3. The molecule has 22 heavy (non-hydrogen) atoms. The number of aromatic nitrogens is 2. The quantitative estimate of drug-likeness (QED) is 0.924. The second kappa shape index (κ2) is 5.91. The third-order valence-corrected chi connectivity index (χ3v) is 4.50. The molecule has 0 radical (unpaired) electrons. The van der Waals surface area contributed by atoms with Crippen LogP contribution in [0.5, 0.6) is 0 Å². The topological polar surface area (TPSA) is 52.2 Å². The molecule has 0 saturated carbocycles. The fourth-order valence-electron chi connectivity index (χ4n) is 3.47. The molecule has 1 aromatic rings. The fourth-order valence-corrected chi connectivity index (χ4v) is 3.47. The van der Waals surface area contributed by atoms with Gasteiger partial charge in [0, 0.05) is 30.9 Å². The van der Waals surface area contributed by atoms with Crippen LogP contribution < -0.4 is 0 Å². The number of hydrogen-bond donors (Lipinski definition) is 1.